The molecule has 4 nitrogen and oxygen atoms in total. The van der Waals surface area contributed by atoms with Gasteiger partial charge in [-0.2, -0.15) is 0 Å². The van der Waals surface area contributed by atoms with Crippen LogP contribution >= 0.6 is 0 Å². The maximum Gasteiger partial charge on any atom is 0.212 e. The van der Waals surface area contributed by atoms with E-state index >= 15 is 0 Å². The van der Waals surface area contributed by atoms with Crippen LogP contribution in [0.15, 0.2) is 30.3 Å². The molecule has 118 valence electrons. The number of hydrogen-bond donors (Lipinski definition) is 1. The van der Waals surface area contributed by atoms with Gasteiger partial charge in [-0.25, -0.2) is 13.1 Å². The van der Waals surface area contributed by atoms with Crippen molar-refractivity contribution in [1.29, 1.82) is 0 Å². The maximum atomic E-state index is 12.2. The van der Waals surface area contributed by atoms with Crippen LogP contribution in [0.25, 0.3) is 0 Å². The van der Waals surface area contributed by atoms with Gasteiger partial charge in [0.2, 0.25) is 10.0 Å². The van der Waals surface area contributed by atoms with Gasteiger partial charge in [-0.05, 0) is 51.8 Å². The van der Waals surface area contributed by atoms with Gasteiger partial charge in [0.15, 0.2) is 0 Å². The Morgan fingerprint density at radius 2 is 1.81 bits per heavy atom. The molecule has 21 heavy (non-hydrogen) atoms. The first-order valence-electron chi connectivity index (χ1n) is 7.74. The average Bonchev–Trinajstić information content (AvgIpc) is 2.46. The summed E-state index contributed by atoms with van der Waals surface area (Å²) >= 11 is 0. The highest BCUT2D eigenvalue weighted by molar-refractivity contribution is 7.89. The van der Waals surface area contributed by atoms with E-state index in [0.29, 0.717) is 12.5 Å². The number of benzene rings is 1. The van der Waals surface area contributed by atoms with E-state index in [2.05, 4.69) is 23.5 Å². The summed E-state index contributed by atoms with van der Waals surface area (Å²) in [7, 11) is -3.19. The largest absolute Gasteiger partial charge is 0.301 e. The summed E-state index contributed by atoms with van der Waals surface area (Å²) in [6.45, 7) is 6.32. The molecule has 1 fully saturated rings. The predicted octanol–water partition coefficient (Wildman–Crippen LogP) is 2.02. The predicted molar refractivity (Wildman–Crippen MR) is 86.8 cm³/mol. The summed E-state index contributed by atoms with van der Waals surface area (Å²) in [5.74, 6) is 0.168. The minimum Gasteiger partial charge on any atom is -0.301 e. The van der Waals surface area contributed by atoms with E-state index in [0.717, 1.165) is 31.5 Å². The van der Waals surface area contributed by atoms with Crippen LogP contribution in [-0.2, 0) is 16.4 Å². The Bertz CT molecular complexity index is 520. The van der Waals surface area contributed by atoms with Gasteiger partial charge in [0, 0.05) is 12.1 Å². The van der Waals surface area contributed by atoms with Crippen LogP contribution in [-0.4, -0.2) is 44.2 Å². The lowest BCUT2D eigenvalue weighted by molar-refractivity contribution is 0.168. The molecule has 0 saturated carbocycles. The highest BCUT2D eigenvalue weighted by atomic mass is 32.2. The standard InChI is InChI=1S/C16H26N2O2S/c1-14(2)18-11-8-16(9-12-18)17-21(19,20)13-10-15-6-4-3-5-7-15/h3-7,14,16-17H,8-13H2,1-2H3. The Kier molecular flexibility index (Phi) is 5.79. The van der Waals surface area contributed by atoms with Crippen molar-refractivity contribution in [2.75, 3.05) is 18.8 Å². The quantitative estimate of drug-likeness (QED) is 0.874. The highest BCUT2D eigenvalue weighted by Crippen LogP contribution is 2.14. The molecule has 1 N–H and O–H groups in total. The topological polar surface area (TPSA) is 49.4 Å². The molecule has 0 bridgehead atoms. The van der Waals surface area contributed by atoms with Gasteiger partial charge < -0.3 is 4.90 Å². The third-order valence-corrected chi connectivity index (χ3v) is 5.54. The number of aryl methyl sites for hydroxylation is 1. The average molecular weight is 310 g/mol. The third kappa shape index (κ3) is 5.41. The van der Waals surface area contributed by atoms with Gasteiger partial charge in [-0.3, -0.25) is 0 Å². The summed E-state index contributed by atoms with van der Waals surface area (Å²) in [6, 6.07) is 10.4. The van der Waals surface area contributed by atoms with E-state index in [-0.39, 0.29) is 11.8 Å². The van der Waals surface area contributed by atoms with E-state index < -0.39 is 10.0 Å². The molecular formula is C16H26N2O2S. The monoisotopic (exact) mass is 310 g/mol. The molecule has 0 atom stereocenters. The van der Waals surface area contributed by atoms with E-state index in [4.69, 9.17) is 0 Å². The molecule has 1 aliphatic heterocycles. The van der Waals surface area contributed by atoms with Crippen molar-refractivity contribution in [1.82, 2.24) is 9.62 Å². The lowest BCUT2D eigenvalue weighted by Crippen LogP contribution is -2.47. The lowest BCUT2D eigenvalue weighted by Gasteiger charge is -2.34. The molecule has 2 rings (SSSR count). The number of nitrogens with zero attached hydrogens (tertiary/aromatic N) is 1. The number of likely N-dealkylation sites (tertiary alicyclic amines) is 1. The number of sulfonamides is 1. The van der Waals surface area contributed by atoms with Gasteiger partial charge >= 0.3 is 0 Å². The van der Waals surface area contributed by atoms with Gasteiger partial charge in [0.25, 0.3) is 0 Å². The van der Waals surface area contributed by atoms with E-state index in [9.17, 15) is 8.42 Å². The molecule has 0 amide bonds. The number of piperidine rings is 1. The Morgan fingerprint density at radius 3 is 2.38 bits per heavy atom. The fourth-order valence-electron chi connectivity index (χ4n) is 2.74. The van der Waals surface area contributed by atoms with Gasteiger partial charge in [-0.15, -0.1) is 0 Å². The summed E-state index contributed by atoms with van der Waals surface area (Å²) in [5.41, 5.74) is 1.07. The van der Waals surface area contributed by atoms with Crippen molar-refractivity contribution in [3.8, 4) is 0 Å². The summed E-state index contributed by atoms with van der Waals surface area (Å²) in [4.78, 5) is 2.40. The third-order valence-electron chi connectivity index (χ3n) is 4.11. The maximum absolute atomic E-state index is 12.2. The lowest BCUT2D eigenvalue weighted by atomic mass is 10.1. The van der Waals surface area contributed by atoms with Crippen molar-refractivity contribution >= 4 is 10.0 Å². The Balaban J connectivity index is 1.79. The van der Waals surface area contributed by atoms with Crippen LogP contribution in [0.3, 0.4) is 0 Å². The van der Waals surface area contributed by atoms with Crippen LogP contribution in [0, 0.1) is 0 Å². The van der Waals surface area contributed by atoms with Crippen molar-refractivity contribution in [2.24, 2.45) is 0 Å². The zero-order valence-electron chi connectivity index (χ0n) is 13.0. The van der Waals surface area contributed by atoms with Crippen molar-refractivity contribution < 1.29 is 8.42 Å². The van der Waals surface area contributed by atoms with Crippen molar-refractivity contribution in [3.63, 3.8) is 0 Å². The Labute approximate surface area is 128 Å². The fourth-order valence-corrected chi connectivity index (χ4v) is 4.11. The van der Waals surface area contributed by atoms with Gasteiger partial charge in [0.1, 0.15) is 0 Å². The molecule has 0 aliphatic carbocycles. The zero-order chi connectivity index (χ0) is 15.3. The normalized spacial score (nSPS) is 18.2. The molecule has 1 saturated heterocycles. The SMILES string of the molecule is CC(C)N1CCC(NS(=O)(=O)CCc2ccccc2)CC1. The van der Waals surface area contributed by atoms with Crippen LogP contribution in [0.1, 0.15) is 32.3 Å². The Morgan fingerprint density at radius 1 is 1.19 bits per heavy atom. The second-order valence-electron chi connectivity index (χ2n) is 6.08. The fraction of sp³-hybridized carbons (Fsp3) is 0.625. The first-order chi connectivity index (χ1) is 9.96. The number of hydrogen-bond acceptors (Lipinski definition) is 3. The van der Waals surface area contributed by atoms with Crippen LogP contribution in [0.5, 0.6) is 0 Å². The summed E-state index contributed by atoms with van der Waals surface area (Å²) < 4.78 is 27.2. The Hall–Kier alpha value is -0.910. The van der Waals surface area contributed by atoms with Crippen molar-refractivity contribution in [2.45, 2.75) is 45.2 Å². The van der Waals surface area contributed by atoms with Gasteiger partial charge in [-0.1, -0.05) is 30.3 Å². The zero-order valence-corrected chi connectivity index (χ0v) is 13.8. The summed E-state index contributed by atoms with van der Waals surface area (Å²) in [5, 5.41) is 0. The second-order valence-corrected chi connectivity index (χ2v) is 7.95. The van der Waals surface area contributed by atoms with Gasteiger partial charge in [0.05, 0.1) is 5.75 Å². The van der Waals surface area contributed by atoms with E-state index in [1.807, 2.05) is 30.3 Å². The number of rotatable bonds is 6. The number of nitrogens with one attached hydrogen (secondary N) is 1. The molecule has 1 aliphatic rings. The van der Waals surface area contributed by atoms with Crippen molar-refractivity contribution in [3.05, 3.63) is 35.9 Å². The molecule has 0 aromatic heterocycles. The molecule has 5 heteroatoms. The highest BCUT2D eigenvalue weighted by Gasteiger charge is 2.24. The second kappa shape index (κ2) is 7.38. The molecule has 1 aromatic carbocycles. The smallest absolute Gasteiger partial charge is 0.212 e. The molecule has 1 heterocycles. The minimum atomic E-state index is -3.19. The first kappa shape index (κ1) is 16.5. The molecular weight excluding hydrogens is 284 g/mol. The molecule has 0 spiro atoms. The minimum absolute atomic E-state index is 0.0979. The van der Waals surface area contributed by atoms with E-state index in [1.54, 1.807) is 0 Å². The molecule has 1 aromatic rings. The molecule has 0 unspecified atom stereocenters. The molecule has 0 radical (unpaired) electrons. The van der Waals surface area contributed by atoms with Crippen LogP contribution in [0.2, 0.25) is 0 Å². The first-order valence-corrected chi connectivity index (χ1v) is 9.39. The summed E-state index contributed by atoms with van der Waals surface area (Å²) in [6.07, 6.45) is 2.38. The van der Waals surface area contributed by atoms with Crippen LogP contribution < -0.4 is 4.72 Å². The van der Waals surface area contributed by atoms with Crippen LogP contribution in [0.4, 0.5) is 0 Å². The van der Waals surface area contributed by atoms with E-state index in [1.165, 1.54) is 0 Å².